The van der Waals surface area contributed by atoms with Crippen molar-refractivity contribution in [3.63, 3.8) is 0 Å². The number of anilines is 1. The molecule has 0 radical (unpaired) electrons. The van der Waals surface area contributed by atoms with E-state index in [1.165, 1.54) is 30.3 Å². The van der Waals surface area contributed by atoms with Gasteiger partial charge in [-0.15, -0.1) is 0 Å². The van der Waals surface area contributed by atoms with Gasteiger partial charge in [0.25, 0.3) is 5.91 Å². The van der Waals surface area contributed by atoms with Gasteiger partial charge in [-0.3, -0.25) is 14.9 Å². The van der Waals surface area contributed by atoms with Gasteiger partial charge < -0.3 is 9.73 Å². The molecule has 128 valence electrons. The minimum atomic E-state index is -3.58. The van der Waals surface area contributed by atoms with Crippen molar-refractivity contribution in [2.45, 2.75) is 18.2 Å². The molecule has 0 bridgehead atoms. The van der Waals surface area contributed by atoms with Crippen LogP contribution in [0.4, 0.5) is 11.6 Å². The minimum Gasteiger partial charge on any atom is -0.395 e. The first kappa shape index (κ1) is 17.6. The smallest absolute Gasteiger partial charge is 0.395 e. The van der Waals surface area contributed by atoms with Gasteiger partial charge in [0.05, 0.1) is 11.0 Å². The summed E-state index contributed by atoms with van der Waals surface area (Å²) in [5.74, 6) is -1.44. The monoisotopic (exact) mass is 353 g/mol. The van der Waals surface area contributed by atoms with E-state index in [-0.39, 0.29) is 10.7 Å². The van der Waals surface area contributed by atoms with Crippen LogP contribution in [-0.4, -0.2) is 25.8 Å². The lowest BCUT2D eigenvalue weighted by atomic mass is 10.3. The first-order valence-corrected chi connectivity index (χ1v) is 8.47. The molecule has 0 unspecified atom stereocenters. The second-order valence-corrected chi connectivity index (χ2v) is 6.54. The Kier molecular flexibility index (Phi) is 5.31. The molecule has 0 aliphatic heterocycles. The van der Waals surface area contributed by atoms with Crippen LogP contribution in [0.15, 0.2) is 45.7 Å². The van der Waals surface area contributed by atoms with Crippen molar-refractivity contribution in [2.75, 3.05) is 11.9 Å². The maximum atomic E-state index is 11.9. The SMILES string of the molecule is CCCNS(=O)(=O)c1ccc(NC(=O)c2ccc([N+](=O)[O-])o2)cc1. The lowest BCUT2D eigenvalue weighted by molar-refractivity contribution is -0.402. The molecule has 0 atom stereocenters. The molecule has 0 spiro atoms. The molecule has 1 aromatic heterocycles. The number of nitrogens with one attached hydrogen (secondary N) is 2. The Morgan fingerprint density at radius 3 is 2.42 bits per heavy atom. The van der Waals surface area contributed by atoms with Gasteiger partial charge in [0, 0.05) is 12.2 Å². The minimum absolute atomic E-state index is 0.0718. The van der Waals surface area contributed by atoms with Crippen molar-refractivity contribution in [3.05, 3.63) is 52.3 Å². The largest absolute Gasteiger partial charge is 0.433 e. The summed E-state index contributed by atoms with van der Waals surface area (Å²) in [5, 5.41) is 13.0. The fourth-order valence-electron chi connectivity index (χ4n) is 1.78. The zero-order valence-corrected chi connectivity index (χ0v) is 13.5. The molecule has 1 amide bonds. The van der Waals surface area contributed by atoms with Gasteiger partial charge in [-0.2, -0.15) is 0 Å². The number of benzene rings is 1. The molecule has 0 saturated carbocycles. The van der Waals surface area contributed by atoms with Crippen LogP contribution in [0.2, 0.25) is 0 Å². The van der Waals surface area contributed by atoms with E-state index in [2.05, 4.69) is 10.0 Å². The van der Waals surface area contributed by atoms with Crippen molar-refractivity contribution in [2.24, 2.45) is 0 Å². The molecule has 1 heterocycles. The number of hydrogen-bond donors (Lipinski definition) is 2. The highest BCUT2D eigenvalue weighted by molar-refractivity contribution is 7.89. The molecule has 24 heavy (non-hydrogen) atoms. The lowest BCUT2D eigenvalue weighted by Gasteiger charge is -2.07. The van der Waals surface area contributed by atoms with E-state index in [0.717, 1.165) is 6.07 Å². The van der Waals surface area contributed by atoms with Crippen LogP contribution in [0, 0.1) is 10.1 Å². The van der Waals surface area contributed by atoms with Crippen molar-refractivity contribution >= 4 is 27.5 Å². The standard InChI is InChI=1S/C14H15N3O6S/c1-2-9-15-24(21,22)11-5-3-10(4-6-11)16-14(18)12-7-8-13(23-12)17(19)20/h3-8,15H,2,9H2,1H3,(H,16,18). The summed E-state index contributed by atoms with van der Waals surface area (Å²) < 4.78 is 31.1. The Morgan fingerprint density at radius 1 is 1.21 bits per heavy atom. The summed E-state index contributed by atoms with van der Waals surface area (Å²) in [6, 6.07) is 7.77. The third kappa shape index (κ3) is 4.18. The fraction of sp³-hybridized carbons (Fsp3) is 0.214. The number of nitro groups is 1. The molecule has 2 aromatic rings. The van der Waals surface area contributed by atoms with E-state index in [1.807, 2.05) is 6.92 Å². The number of carbonyl (C=O) groups is 1. The zero-order valence-electron chi connectivity index (χ0n) is 12.7. The van der Waals surface area contributed by atoms with E-state index >= 15 is 0 Å². The van der Waals surface area contributed by atoms with Crippen molar-refractivity contribution in [1.82, 2.24) is 4.72 Å². The highest BCUT2D eigenvalue weighted by Gasteiger charge is 2.18. The third-order valence-electron chi connectivity index (χ3n) is 2.96. The predicted molar refractivity (Wildman–Crippen MR) is 85.2 cm³/mol. The zero-order chi connectivity index (χ0) is 17.7. The summed E-state index contributed by atoms with van der Waals surface area (Å²) >= 11 is 0. The molecule has 0 fully saturated rings. The van der Waals surface area contributed by atoms with E-state index in [1.54, 1.807) is 0 Å². The van der Waals surface area contributed by atoms with Gasteiger partial charge in [0.1, 0.15) is 4.92 Å². The summed E-state index contributed by atoms with van der Waals surface area (Å²) in [4.78, 5) is 21.8. The van der Waals surface area contributed by atoms with Crippen LogP contribution in [0.1, 0.15) is 23.9 Å². The Bertz CT molecular complexity index is 842. The number of carbonyl (C=O) groups excluding carboxylic acids is 1. The van der Waals surface area contributed by atoms with E-state index in [4.69, 9.17) is 4.42 Å². The van der Waals surface area contributed by atoms with Crippen LogP contribution in [0.25, 0.3) is 0 Å². The number of nitrogens with zero attached hydrogens (tertiary/aromatic N) is 1. The highest BCUT2D eigenvalue weighted by Crippen LogP contribution is 2.18. The first-order chi connectivity index (χ1) is 11.3. The number of hydrogen-bond acceptors (Lipinski definition) is 6. The van der Waals surface area contributed by atoms with Crippen LogP contribution in [-0.2, 0) is 10.0 Å². The maximum absolute atomic E-state index is 11.9. The quantitative estimate of drug-likeness (QED) is 0.579. The second-order valence-electron chi connectivity index (χ2n) is 4.77. The molecule has 1 aromatic carbocycles. The van der Waals surface area contributed by atoms with Crippen LogP contribution in [0.5, 0.6) is 0 Å². The molecule has 0 aliphatic rings. The number of amides is 1. The summed E-state index contributed by atoms with van der Waals surface area (Å²) in [7, 11) is -3.58. The Labute approximate surface area is 137 Å². The average Bonchev–Trinajstić information content (AvgIpc) is 3.04. The maximum Gasteiger partial charge on any atom is 0.433 e. The van der Waals surface area contributed by atoms with E-state index in [9.17, 15) is 23.3 Å². The van der Waals surface area contributed by atoms with Gasteiger partial charge in [-0.25, -0.2) is 13.1 Å². The summed E-state index contributed by atoms with van der Waals surface area (Å²) in [6.45, 7) is 2.18. The fourth-order valence-corrected chi connectivity index (χ4v) is 2.91. The van der Waals surface area contributed by atoms with Crippen LogP contribution < -0.4 is 10.0 Å². The van der Waals surface area contributed by atoms with Gasteiger partial charge in [-0.05, 0) is 36.8 Å². The van der Waals surface area contributed by atoms with Crippen LogP contribution in [0.3, 0.4) is 0 Å². The topological polar surface area (TPSA) is 132 Å². The highest BCUT2D eigenvalue weighted by atomic mass is 32.2. The summed E-state index contributed by atoms with van der Waals surface area (Å²) in [5.41, 5.74) is 0.327. The van der Waals surface area contributed by atoms with E-state index < -0.39 is 26.7 Å². The third-order valence-corrected chi connectivity index (χ3v) is 4.44. The Hall–Kier alpha value is -2.72. The normalized spacial score (nSPS) is 11.2. The summed E-state index contributed by atoms with van der Waals surface area (Å²) in [6.07, 6.45) is 0.669. The number of furan rings is 1. The molecular weight excluding hydrogens is 338 g/mol. The second kappa shape index (κ2) is 7.23. The average molecular weight is 353 g/mol. The number of sulfonamides is 1. The lowest BCUT2D eigenvalue weighted by Crippen LogP contribution is -2.24. The van der Waals surface area contributed by atoms with Crippen LogP contribution >= 0.6 is 0 Å². The molecular formula is C14H15N3O6S. The van der Waals surface area contributed by atoms with Crippen molar-refractivity contribution in [3.8, 4) is 0 Å². The van der Waals surface area contributed by atoms with Crippen molar-refractivity contribution in [1.29, 1.82) is 0 Å². The Morgan fingerprint density at radius 2 is 1.88 bits per heavy atom. The Balaban J connectivity index is 2.08. The van der Waals surface area contributed by atoms with Gasteiger partial charge in [-0.1, -0.05) is 6.92 Å². The molecule has 2 rings (SSSR count). The number of rotatable bonds is 7. The van der Waals surface area contributed by atoms with Gasteiger partial charge >= 0.3 is 5.88 Å². The van der Waals surface area contributed by atoms with Gasteiger partial charge in [0.15, 0.2) is 5.76 Å². The first-order valence-electron chi connectivity index (χ1n) is 6.99. The van der Waals surface area contributed by atoms with Crippen molar-refractivity contribution < 1.29 is 22.6 Å². The molecule has 2 N–H and O–H groups in total. The van der Waals surface area contributed by atoms with E-state index in [0.29, 0.717) is 18.7 Å². The van der Waals surface area contributed by atoms with Gasteiger partial charge in [0.2, 0.25) is 10.0 Å². The molecule has 9 nitrogen and oxygen atoms in total. The molecule has 0 aliphatic carbocycles. The predicted octanol–water partition coefficient (Wildman–Crippen LogP) is 2.13. The molecule has 0 saturated heterocycles. The molecule has 10 heteroatoms.